The third kappa shape index (κ3) is 2.65. The van der Waals surface area contributed by atoms with E-state index in [0.29, 0.717) is 6.42 Å². The van der Waals surface area contributed by atoms with Crippen molar-refractivity contribution in [2.75, 3.05) is 0 Å². The van der Waals surface area contributed by atoms with Crippen LogP contribution in [0.3, 0.4) is 0 Å². The third-order valence-electron chi connectivity index (χ3n) is 1.62. The minimum absolute atomic E-state index is 0.138. The summed E-state index contributed by atoms with van der Waals surface area (Å²) in [5.41, 5.74) is 0. The Hall–Kier alpha value is -1.72. The van der Waals surface area contributed by atoms with Gasteiger partial charge in [-0.1, -0.05) is 13.3 Å². The molecule has 1 aromatic heterocycles. The molecule has 1 aromatic rings. The van der Waals surface area contributed by atoms with Gasteiger partial charge in [-0.3, -0.25) is 4.79 Å². The second-order valence-corrected chi connectivity index (χ2v) is 2.67. The molecule has 0 aliphatic heterocycles. The average molecular weight is 197 g/mol. The fraction of sp³-hybridized carbons (Fsp3) is 0.500. The Morgan fingerprint density at radius 1 is 1.71 bits per heavy atom. The Kier molecular flexibility index (Phi) is 3.78. The summed E-state index contributed by atoms with van der Waals surface area (Å²) in [4.78, 5) is 24.6. The average Bonchev–Trinajstić information content (AvgIpc) is 2.69. The number of ether oxygens (including phenoxy) is 1. The first-order valence-corrected chi connectivity index (χ1v) is 4.27. The number of esters is 1. The number of aromatic nitrogens is 3. The number of nitrogens with zero attached hydrogens (tertiary/aromatic N) is 3. The normalized spacial score (nSPS) is 12.1. The molecular weight excluding hydrogens is 186 g/mol. The Morgan fingerprint density at radius 2 is 2.50 bits per heavy atom. The molecule has 0 aliphatic rings. The van der Waals surface area contributed by atoms with Crippen LogP contribution in [0.5, 0.6) is 0 Å². The van der Waals surface area contributed by atoms with Gasteiger partial charge in [0.25, 0.3) is 0 Å². The van der Waals surface area contributed by atoms with Gasteiger partial charge in [0.2, 0.25) is 6.29 Å². The van der Waals surface area contributed by atoms with Gasteiger partial charge in [0.1, 0.15) is 12.7 Å². The Morgan fingerprint density at radius 3 is 3.00 bits per heavy atom. The predicted octanol–water partition coefficient (Wildman–Crippen LogP) is 0.319. The molecule has 1 atom stereocenters. The van der Waals surface area contributed by atoms with E-state index in [0.717, 1.165) is 6.42 Å². The first kappa shape index (κ1) is 10.4. The Labute approximate surface area is 80.9 Å². The number of hydrogen-bond acceptors (Lipinski definition) is 5. The largest absolute Gasteiger partial charge is 0.434 e. The first-order chi connectivity index (χ1) is 6.77. The first-order valence-electron chi connectivity index (χ1n) is 4.27. The van der Waals surface area contributed by atoms with Crippen molar-refractivity contribution in [3.8, 4) is 0 Å². The minimum Gasteiger partial charge on any atom is -0.434 e. The molecule has 0 aliphatic carbocycles. The zero-order valence-electron chi connectivity index (χ0n) is 7.79. The molecule has 0 aromatic carbocycles. The summed E-state index contributed by atoms with van der Waals surface area (Å²) in [6.45, 7) is 1.94. The lowest BCUT2D eigenvalue weighted by molar-refractivity contribution is -0.158. The van der Waals surface area contributed by atoms with Crippen LogP contribution in [-0.2, 0) is 14.3 Å². The molecule has 0 amide bonds. The van der Waals surface area contributed by atoms with Crippen molar-refractivity contribution in [3.63, 3.8) is 0 Å². The molecule has 76 valence electrons. The quantitative estimate of drug-likeness (QED) is 0.386. The van der Waals surface area contributed by atoms with Crippen molar-refractivity contribution in [1.82, 2.24) is 14.8 Å². The summed E-state index contributed by atoms with van der Waals surface area (Å²) in [7, 11) is 0. The molecular formula is C8H11N3O3. The van der Waals surface area contributed by atoms with Crippen LogP contribution in [0.15, 0.2) is 12.7 Å². The molecule has 0 bridgehead atoms. The van der Waals surface area contributed by atoms with Gasteiger partial charge in [0, 0.05) is 6.42 Å². The number of carbonyl (C=O) groups excluding carboxylic acids is 2. The molecule has 1 heterocycles. The van der Waals surface area contributed by atoms with E-state index in [4.69, 9.17) is 4.74 Å². The molecule has 1 unspecified atom stereocenters. The third-order valence-corrected chi connectivity index (χ3v) is 1.62. The highest BCUT2D eigenvalue weighted by molar-refractivity contribution is 6.20. The van der Waals surface area contributed by atoms with Gasteiger partial charge in [-0.2, -0.15) is 5.10 Å². The van der Waals surface area contributed by atoms with Gasteiger partial charge in [-0.05, 0) is 0 Å². The van der Waals surface area contributed by atoms with Crippen LogP contribution in [0.1, 0.15) is 26.0 Å². The summed E-state index contributed by atoms with van der Waals surface area (Å²) in [5, 5.41) is 3.83. The zero-order chi connectivity index (χ0) is 10.4. The van der Waals surface area contributed by atoms with Crippen LogP contribution in [0, 0.1) is 0 Å². The fourth-order valence-corrected chi connectivity index (χ4v) is 1.02. The zero-order valence-corrected chi connectivity index (χ0v) is 7.79. The molecule has 6 heteroatoms. The van der Waals surface area contributed by atoms with E-state index in [1.54, 1.807) is 0 Å². The summed E-state index contributed by atoms with van der Waals surface area (Å²) < 4.78 is 6.25. The highest BCUT2D eigenvalue weighted by atomic mass is 16.6. The molecule has 0 saturated heterocycles. The van der Waals surface area contributed by atoms with Crippen molar-refractivity contribution in [3.05, 3.63) is 12.7 Å². The predicted molar refractivity (Wildman–Crippen MR) is 46.1 cm³/mol. The smallest absolute Gasteiger partial charge is 0.373 e. The van der Waals surface area contributed by atoms with Crippen molar-refractivity contribution in [1.29, 1.82) is 0 Å². The lowest BCUT2D eigenvalue weighted by atomic mass is 10.3. The maximum absolute atomic E-state index is 10.7. The lowest BCUT2D eigenvalue weighted by Gasteiger charge is -2.14. The van der Waals surface area contributed by atoms with Crippen molar-refractivity contribution >= 4 is 12.3 Å². The van der Waals surface area contributed by atoms with Gasteiger partial charge >= 0.3 is 5.97 Å². The number of hydrogen-bond donors (Lipinski definition) is 0. The molecule has 6 nitrogen and oxygen atoms in total. The molecule has 0 radical (unpaired) electrons. The molecule has 0 N–H and O–H groups in total. The molecule has 14 heavy (non-hydrogen) atoms. The van der Waals surface area contributed by atoms with E-state index in [-0.39, 0.29) is 6.29 Å². The molecule has 0 spiro atoms. The monoisotopic (exact) mass is 197 g/mol. The standard InChI is InChI=1S/C8H11N3O3/c1-2-3-7(14-8(13)4-12)11-6-9-5-10-11/h4-7H,2-3H2,1H3. The van der Waals surface area contributed by atoms with E-state index in [1.807, 2.05) is 6.92 Å². The number of aldehydes is 1. The topological polar surface area (TPSA) is 74.1 Å². The van der Waals surface area contributed by atoms with Crippen LogP contribution < -0.4 is 0 Å². The summed E-state index contributed by atoms with van der Waals surface area (Å²) in [6, 6.07) is 0. The maximum Gasteiger partial charge on any atom is 0.373 e. The van der Waals surface area contributed by atoms with E-state index in [2.05, 4.69) is 10.1 Å². The minimum atomic E-state index is -0.890. The van der Waals surface area contributed by atoms with Crippen LogP contribution in [0.4, 0.5) is 0 Å². The van der Waals surface area contributed by atoms with E-state index < -0.39 is 12.2 Å². The highest BCUT2D eigenvalue weighted by Crippen LogP contribution is 2.13. The van der Waals surface area contributed by atoms with Crippen LogP contribution in [0.2, 0.25) is 0 Å². The van der Waals surface area contributed by atoms with E-state index in [1.165, 1.54) is 17.3 Å². The lowest BCUT2D eigenvalue weighted by Crippen LogP contribution is -2.18. The Balaban J connectivity index is 2.64. The van der Waals surface area contributed by atoms with Gasteiger partial charge in [-0.15, -0.1) is 0 Å². The van der Waals surface area contributed by atoms with Gasteiger partial charge in [0.15, 0.2) is 6.23 Å². The van der Waals surface area contributed by atoms with Gasteiger partial charge < -0.3 is 4.74 Å². The summed E-state index contributed by atoms with van der Waals surface area (Å²) >= 11 is 0. The number of carbonyl (C=O) groups is 2. The van der Waals surface area contributed by atoms with Crippen LogP contribution in [0.25, 0.3) is 0 Å². The molecule has 0 saturated carbocycles. The van der Waals surface area contributed by atoms with Crippen molar-refractivity contribution in [2.24, 2.45) is 0 Å². The van der Waals surface area contributed by atoms with E-state index in [9.17, 15) is 9.59 Å². The van der Waals surface area contributed by atoms with E-state index >= 15 is 0 Å². The SMILES string of the molecule is CCCC(OC(=O)C=O)n1cncn1. The summed E-state index contributed by atoms with van der Waals surface area (Å²) in [6.07, 6.45) is 3.80. The fourth-order valence-electron chi connectivity index (χ4n) is 1.02. The van der Waals surface area contributed by atoms with Crippen molar-refractivity contribution < 1.29 is 14.3 Å². The summed E-state index contributed by atoms with van der Waals surface area (Å²) in [5.74, 6) is -0.890. The molecule has 0 fully saturated rings. The maximum atomic E-state index is 10.7. The Bertz CT molecular complexity index is 297. The van der Waals surface area contributed by atoms with Crippen LogP contribution >= 0.6 is 0 Å². The van der Waals surface area contributed by atoms with Crippen molar-refractivity contribution in [2.45, 2.75) is 26.0 Å². The highest BCUT2D eigenvalue weighted by Gasteiger charge is 2.14. The number of rotatable bonds is 5. The molecule has 1 rings (SSSR count). The second kappa shape index (κ2) is 5.11. The second-order valence-electron chi connectivity index (χ2n) is 2.67. The van der Waals surface area contributed by atoms with Gasteiger partial charge in [0.05, 0.1) is 0 Å². The van der Waals surface area contributed by atoms with Crippen LogP contribution in [-0.4, -0.2) is 27.0 Å². The van der Waals surface area contributed by atoms with Gasteiger partial charge in [-0.25, -0.2) is 14.5 Å².